The van der Waals surface area contributed by atoms with Gasteiger partial charge in [0, 0.05) is 6.07 Å². The summed E-state index contributed by atoms with van der Waals surface area (Å²) in [6.07, 6.45) is -13.8. The Bertz CT molecular complexity index is 804. The summed E-state index contributed by atoms with van der Waals surface area (Å²) in [7, 11) is 0. The van der Waals surface area contributed by atoms with E-state index in [1.165, 1.54) is 0 Å². The van der Waals surface area contributed by atoms with Gasteiger partial charge in [-0.05, 0) is 22.9 Å². The highest BCUT2D eigenvalue weighted by Gasteiger charge is 2.62. The Morgan fingerprint density at radius 1 is 1.19 bits per heavy atom. The van der Waals surface area contributed by atoms with Crippen LogP contribution in [0.3, 0.4) is 0 Å². The lowest BCUT2D eigenvalue weighted by Crippen LogP contribution is -2.42. The Labute approximate surface area is 159 Å². The van der Waals surface area contributed by atoms with Crippen molar-refractivity contribution in [3.05, 3.63) is 30.8 Å². The van der Waals surface area contributed by atoms with Crippen molar-refractivity contribution in [3.63, 3.8) is 0 Å². The molecule has 0 aromatic heterocycles. The minimum Gasteiger partial charge on any atom is -0.470 e. The number of hydrogen-bond acceptors (Lipinski definition) is 7. The molecule has 9 nitrogen and oxygen atoms in total. The second-order valence-electron chi connectivity index (χ2n) is 4.61. The first-order valence-corrected chi connectivity index (χ1v) is 7.52. The lowest BCUT2D eigenvalue weighted by Gasteiger charge is -2.21. The molecule has 0 aliphatic carbocycles. The minimum atomic E-state index is -6.25. The molecule has 150 valence electrons. The van der Waals surface area contributed by atoms with Gasteiger partial charge in [-0.2, -0.15) is 22.0 Å². The van der Waals surface area contributed by atoms with Gasteiger partial charge >= 0.3 is 23.7 Å². The van der Waals surface area contributed by atoms with E-state index in [1.54, 1.807) is 0 Å². The van der Waals surface area contributed by atoms with E-state index in [4.69, 9.17) is 4.74 Å². The molecule has 27 heavy (non-hydrogen) atoms. The number of halogens is 6. The van der Waals surface area contributed by atoms with Gasteiger partial charge in [0.25, 0.3) is 5.75 Å². The molecule has 0 bridgehead atoms. The van der Waals surface area contributed by atoms with Gasteiger partial charge in [-0.25, -0.2) is 0 Å². The molecule has 0 saturated carbocycles. The monoisotopic (exact) mass is 484 g/mol. The maximum Gasteiger partial charge on any atom is 0.499 e. The number of alkyl halides is 5. The fraction of sp³-hybridized carbons (Fsp3) is 0.364. The van der Waals surface area contributed by atoms with Crippen LogP contribution < -0.4 is 9.47 Å². The van der Waals surface area contributed by atoms with Crippen molar-refractivity contribution in [2.45, 2.75) is 25.3 Å². The molecule has 1 atom stereocenters. The molecule has 0 heterocycles. The van der Waals surface area contributed by atoms with E-state index in [2.05, 4.69) is 33.3 Å². The van der Waals surface area contributed by atoms with Gasteiger partial charge in [-0.1, -0.05) is 0 Å². The maximum atomic E-state index is 13.2. The zero-order valence-corrected chi connectivity index (χ0v) is 15.1. The molecular formula is C11H6BrF5N2O7S. The van der Waals surface area contributed by atoms with Gasteiger partial charge < -0.3 is 9.47 Å². The minimum absolute atomic E-state index is 0.347. The maximum absolute atomic E-state index is 13.2. The molecule has 0 fully saturated rings. The molecule has 0 aliphatic rings. The summed E-state index contributed by atoms with van der Waals surface area (Å²) in [6, 6.07) is 0.347. The van der Waals surface area contributed by atoms with E-state index < -0.39 is 60.7 Å². The molecule has 0 N–H and O–H groups in total. The zero-order chi connectivity index (χ0) is 21.3. The third-order valence-corrected chi connectivity index (χ3v) is 3.68. The lowest BCUT2D eigenvalue weighted by atomic mass is 10.2. The van der Waals surface area contributed by atoms with E-state index in [1.807, 2.05) is 0 Å². The van der Waals surface area contributed by atoms with Crippen LogP contribution in [0.1, 0.15) is 6.92 Å². The molecular weight excluding hydrogens is 479 g/mol. The number of ether oxygens (including phenoxy) is 2. The largest absolute Gasteiger partial charge is 0.499 e. The standard InChI is InChI=1S/C11H6BrF5N2O7S/c1-3(9(20)27)25-8-5(18(21)22)2-4(12)7(6(8)19(23)24)26-11(16,17)10(13,14)15/h2-3H,1H3,(H,20,27). The van der Waals surface area contributed by atoms with Gasteiger partial charge in [-0.15, -0.1) is 12.6 Å². The molecule has 1 aromatic rings. The number of carbonyl (C=O) groups is 1. The molecule has 16 heteroatoms. The molecule has 0 aliphatic heterocycles. The van der Waals surface area contributed by atoms with Crippen molar-refractivity contribution < 1.29 is 46.1 Å². The number of carbonyl (C=O) groups excluding carboxylic acids is 1. The molecule has 0 radical (unpaired) electrons. The number of benzene rings is 1. The van der Waals surface area contributed by atoms with Crippen molar-refractivity contribution in [2.24, 2.45) is 0 Å². The van der Waals surface area contributed by atoms with Gasteiger partial charge in [0.05, 0.1) is 14.3 Å². The summed E-state index contributed by atoms with van der Waals surface area (Å²) in [4.78, 5) is 30.6. The average molecular weight is 485 g/mol. The van der Waals surface area contributed by atoms with Crippen LogP contribution in [0, 0.1) is 20.2 Å². The van der Waals surface area contributed by atoms with E-state index in [9.17, 15) is 47.0 Å². The Morgan fingerprint density at radius 2 is 1.70 bits per heavy atom. The first-order valence-electron chi connectivity index (χ1n) is 6.28. The Kier molecular flexibility index (Phi) is 6.58. The van der Waals surface area contributed by atoms with Crippen LogP contribution in [-0.4, -0.2) is 33.4 Å². The quantitative estimate of drug-likeness (QED) is 0.268. The molecule has 0 saturated heterocycles. The summed E-state index contributed by atoms with van der Waals surface area (Å²) in [6.45, 7) is 0.954. The van der Waals surface area contributed by atoms with Crippen LogP contribution in [0.25, 0.3) is 0 Å². The first-order chi connectivity index (χ1) is 12.1. The lowest BCUT2D eigenvalue weighted by molar-refractivity contribution is -0.400. The van der Waals surface area contributed by atoms with Crippen molar-refractivity contribution in [3.8, 4) is 11.5 Å². The summed E-state index contributed by atoms with van der Waals surface area (Å²) in [5, 5.41) is 21.2. The topological polar surface area (TPSA) is 122 Å². The van der Waals surface area contributed by atoms with Crippen LogP contribution in [0.15, 0.2) is 10.5 Å². The van der Waals surface area contributed by atoms with Crippen molar-refractivity contribution >= 4 is 45.0 Å². The normalized spacial score (nSPS) is 13.0. The molecule has 0 amide bonds. The number of nitrogens with zero attached hydrogens (tertiary/aromatic N) is 2. The number of nitro benzene ring substituents is 2. The van der Waals surface area contributed by atoms with Crippen LogP contribution >= 0.6 is 28.6 Å². The Balaban J connectivity index is 3.77. The van der Waals surface area contributed by atoms with Gasteiger partial charge in [0.15, 0.2) is 6.10 Å². The third-order valence-electron chi connectivity index (χ3n) is 2.73. The molecule has 1 unspecified atom stereocenters. The van der Waals surface area contributed by atoms with Gasteiger partial charge in [-0.3, -0.25) is 25.0 Å². The van der Waals surface area contributed by atoms with E-state index in [-0.39, 0.29) is 0 Å². The molecule has 1 aromatic carbocycles. The van der Waals surface area contributed by atoms with E-state index in [0.717, 1.165) is 6.92 Å². The number of thiol groups is 1. The third kappa shape index (κ3) is 4.94. The number of hydrogen-bond donors (Lipinski definition) is 1. The highest BCUT2D eigenvalue weighted by Crippen LogP contribution is 2.51. The summed E-state index contributed by atoms with van der Waals surface area (Å²) >= 11 is 5.75. The van der Waals surface area contributed by atoms with E-state index >= 15 is 0 Å². The van der Waals surface area contributed by atoms with E-state index in [0.29, 0.717) is 6.07 Å². The smallest absolute Gasteiger partial charge is 0.470 e. The molecule has 0 spiro atoms. The zero-order valence-electron chi connectivity index (χ0n) is 12.6. The van der Waals surface area contributed by atoms with Crippen LogP contribution in [-0.2, 0) is 4.79 Å². The SMILES string of the molecule is CC(Oc1c([N+](=O)[O-])cc(Br)c(OC(F)(F)C(F)(F)F)c1[N+](=O)[O-])C(=O)S. The molecule has 1 rings (SSSR count). The Morgan fingerprint density at radius 3 is 2.07 bits per heavy atom. The average Bonchev–Trinajstić information content (AvgIpc) is 2.47. The van der Waals surface area contributed by atoms with Crippen LogP contribution in [0.2, 0.25) is 0 Å². The fourth-order valence-corrected chi connectivity index (χ4v) is 2.05. The predicted octanol–water partition coefficient (Wildman–Crippen LogP) is 4.02. The summed E-state index contributed by atoms with van der Waals surface area (Å²) in [5.74, 6) is -3.06. The second-order valence-corrected chi connectivity index (χ2v) is 5.91. The van der Waals surface area contributed by atoms with Gasteiger partial charge in [0.1, 0.15) is 0 Å². The highest BCUT2D eigenvalue weighted by atomic mass is 79.9. The number of nitro groups is 2. The highest BCUT2D eigenvalue weighted by molar-refractivity contribution is 9.10. The van der Waals surface area contributed by atoms with Gasteiger partial charge in [0.2, 0.25) is 10.9 Å². The first kappa shape index (κ1) is 22.8. The predicted molar refractivity (Wildman–Crippen MR) is 83.2 cm³/mol. The second kappa shape index (κ2) is 7.79. The summed E-state index contributed by atoms with van der Waals surface area (Å²) in [5.41, 5.74) is -2.92. The Hall–Kier alpha value is -2.23. The number of rotatable bonds is 7. The summed E-state index contributed by atoms with van der Waals surface area (Å²) < 4.78 is 70.7. The fourth-order valence-electron chi connectivity index (χ4n) is 1.52. The van der Waals surface area contributed by atoms with Crippen molar-refractivity contribution in [1.82, 2.24) is 0 Å². The van der Waals surface area contributed by atoms with Crippen LogP contribution in [0.5, 0.6) is 11.5 Å². The van der Waals surface area contributed by atoms with Crippen molar-refractivity contribution in [2.75, 3.05) is 0 Å². The van der Waals surface area contributed by atoms with Crippen LogP contribution in [0.4, 0.5) is 33.3 Å². The van der Waals surface area contributed by atoms with Crippen molar-refractivity contribution in [1.29, 1.82) is 0 Å².